The van der Waals surface area contributed by atoms with Crippen molar-refractivity contribution < 1.29 is 23.4 Å². The zero-order chi connectivity index (χ0) is 20.2. The molecule has 152 valence electrons. The summed E-state index contributed by atoms with van der Waals surface area (Å²) in [6.07, 6.45) is 2.16. The summed E-state index contributed by atoms with van der Waals surface area (Å²) >= 11 is 0. The lowest BCUT2D eigenvalue weighted by Gasteiger charge is -2.40. The summed E-state index contributed by atoms with van der Waals surface area (Å²) in [6.45, 7) is 8.99. The maximum Gasteiger partial charge on any atom is 0.354 e. The Bertz CT molecular complexity index is 650. The number of rotatable bonds is 6. The summed E-state index contributed by atoms with van der Waals surface area (Å²) in [4.78, 5) is 16.3. The molecule has 1 aliphatic heterocycles. The summed E-state index contributed by atoms with van der Waals surface area (Å²) in [5.41, 5.74) is 0.461. The van der Waals surface area contributed by atoms with Crippen LogP contribution in [-0.4, -0.2) is 53.8 Å². The minimum Gasteiger partial charge on any atom is -0.658 e. The molecule has 0 amide bonds. The number of aromatic nitrogens is 1. The number of alkyl halides is 2. The Hall–Kier alpha value is -1.96. The van der Waals surface area contributed by atoms with Crippen LogP contribution in [0.2, 0.25) is 0 Å². The van der Waals surface area contributed by atoms with Crippen molar-refractivity contribution in [3.8, 4) is 5.88 Å². The number of pyridine rings is 1. The summed E-state index contributed by atoms with van der Waals surface area (Å²) in [5, 5.41) is 13.2. The number of anilines is 1. The van der Waals surface area contributed by atoms with Gasteiger partial charge in [0.1, 0.15) is 5.69 Å². The number of halogens is 2. The maximum atomic E-state index is 12.9. The predicted molar refractivity (Wildman–Crippen MR) is 100 cm³/mol. The van der Waals surface area contributed by atoms with Crippen molar-refractivity contribution in [2.24, 2.45) is 5.92 Å². The van der Waals surface area contributed by atoms with Gasteiger partial charge >= 0.3 is 5.97 Å². The van der Waals surface area contributed by atoms with Crippen LogP contribution < -0.4 is 9.64 Å². The first-order valence-corrected chi connectivity index (χ1v) is 9.19. The third-order valence-corrected chi connectivity index (χ3v) is 4.03. The third kappa shape index (κ3) is 6.93. The molecule has 0 unspecified atom stereocenters. The van der Waals surface area contributed by atoms with E-state index in [0.29, 0.717) is 18.2 Å². The maximum absolute atomic E-state index is 12.9. The fraction of sp³-hybridized carbons (Fsp3) is 0.684. The van der Waals surface area contributed by atoms with Gasteiger partial charge < -0.3 is 20.1 Å². The van der Waals surface area contributed by atoms with Crippen molar-refractivity contribution in [2.45, 2.75) is 52.0 Å². The molecule has 1 aromatic rings. The molecule has 1 saturated heterocycles. The summed E-state index contributed by atoms with van der Waals surface area (Å²) in [7, 11) is 0. The SMILES string of the molecule is CC[N-]C(C)(C)C.O=C(O)c1ccc(N2CC(F)(F)C2)c(OCC2CC2)n1. The summed E-state index contributed by atoms with van der Waals surface area (Å²) in [6, 6.07) is 2.78. The molecule has 8 heteroatoms. The average molecular weight is 384 g/mol. The van der Waals surface area contributed by atoms with Crippen molar-refractivity contribution in [3.63, 3.8) is 0 Å². The van der Waals surface area contributed by atoms with Gasteiger partial charge in [-0.2, -0.15) is 6.54 Å². The molecule has 27 heavy (non-hydrogen) atoms. The Morgan fingerprint density at radius 3 is 2.41 bits per heavy atom. The minimum atomic E-state index is -2.70. The standard InChI is InChI=1S/C13H14F2N2O3.C6H14N/c14-13(15)6-17(7-13)10-4-3-9(12(18)19)16-11(10)20-5-8-1-2-8;1-5-7-6(2,3)4/h3-4,8H,1-2,5-7H2,(H,18,19);5H2,1-4H3/q;-1. The number of hydrogen-bond acceptors (Lipinski definition) is 4. The number of aromatic carboxylic acids is 1. The molecule has 1 saturated carbocycles. The van der Waals surface area contributed by atoms with Crippen molar-refractivity contribution in [1.29, 1.82) is 0 Å². The van der Waals surface area contributed by atoms with Gasteiger partial charge in [-0.25, -0.2) is 18.6 Å². The Morgan fingerprint density at radius 1 is 1.37 bits per heavy atom. The molecule has 0 spiro atoms. The lowest BCUT2D eigenvalue weighted by atomic mass is 10.1. The van der Waals surface area contributed by atoms with E-state index >= 15 is 0 Å². The smallest absolute Gasteiger partial charge is 0.354 e. The lowest BCUT2D eigenvalue weighted by Crippen LogP contribution is -2.56. The van der Waals surface area contributed by atoms with Crippen LogP contribution in [0.15, 0.2) is 12.1 Å². The number of nitrogens with zero attached hydrogens (tertiary/aromatic N) is 3. The molecule has 6 nitrogen and oxygen atoms in total. The number of carbonyl (C=O) groups is 1. The number of carboxylic acids is 1. The first-order valence-electron chi connectivity index (χ1n) is 9.19. The van der Waals surface area contributed by atoms with Gasteiger partial charge in [0.25, 0.3) is 5.92 Å². The Morgan fingerprint density at radius 2 is 2.00 bits per heavy atom. The molecule has 3 rings (SSSR count). The fourth-order valence-corrected chi connectivity index (χ4v) is 2.54. The topological polar surface area (TPSA) is 76.8 Å². The molecule has 0 atom stereocenters. The van der Waals surface area contributed by atoms with Gasteiger partial charge in [0.2, 0.25) is 5.88 Å². The van der Waals surface area contributed by atoms with Gasteiger partial charge in [0.05, 0.1) is 19.7 Å². The van der Waals surface area contributed by atoms with E-state index in [2.05, 4.69) is 38.0 Å². The lowest BCUT2D eigenvalue weighted by molar-refractivity contribution is -0.0265. The van der Waals surface area contributed by atoms with Crippen LogP contribution in [0.25, 0.3) is 5.32 Å². The van der Waals surface area contributed by atoms with Crippen LogP contribution in [-0.2, 0) is 0 Å². The monoisotopic (exact) mass is 384 g/mol. The highest BCUT2D eigenvalue weighted by atomic mass is 19.3. The zero-order valence-corrected chi connectivity index (χ0v) is 16.3. The molecular formula is C19H28F2N3O3-. The van der Waals surface area contributed by atoms with E-state index in [4.69, 9.17) is 9.84 Å². The highest BCUT2D eigenvalue weighted by Crippen LogP contribution is 2.37. The number of hydrogen-bond donors (Lipinski definition) is 1. The van der Waals surface area contributed by atoms with E-state index in [1.165, 1.54) is 17.0 Å². The molecule has 1 N–H and O–H groups in total. The molecule has 1 aliphatic carbocycles. The Labute approximate surface area is 158 Å². The number of carboxylic acid groups (broad SMARTS) is 1. The number of ether oxygens (including phenoxy) is 1. The molecular weight excluding hydrogens is 356 g/mol. The highest BCUT2D eigenvalue weighted by molar-refractivity contribution is 5.86. The highest BCUT2D eigenvalue weighted by Gasteiger charge is 2.45. The molecule has 2 aliphatic rings. The van der Waals surface area contributed by atoms with E-state index in [-0.39, 0.29) is 30.2 Å². The van der Waals surface area contributed by atoms with Crippen LogP contribution in [0.3, 0.4) is 0 Å². The molecule has 0 bridgehead atoms. The molecule has 0 aromatic carbocycles. The second kappa shape index (κ2) is 8.37. The molecule has 2 fully saturated rings. The van der Waals surface area contributed by atoms with E-state index in [0.717, 1.165) is 19.4 Å². The quantitative estimate of drug-likeness (QED) is 0.795. The van der Waals surface area contributed by atoms with E-state index in [1.54, 1.807) is 0 Å². The van der Waals surface area contributed by atoms with Crippen LogP contribution in [0.5, 0.6) is 5.88 Å². The van der Waals surface area contributed by atoms with E-state index < -0.39 is 11.9 Å². The summed E-state index contributed by atoms with van der Waals surface area (Å²) < 4.78 is 31.4. The molecule has 1 aromatic heterocycles. The Balaban J connectivity index is 0.000000321. The van der Waals surface area contributed by atoms with Crippen molar-refractivity contribution in [3.05, 3.63) is 23.1 Å². The van der Waals surface area contributed by atoms with Crippen molar-refractivity contribution in [2.75, 3.05) is 31.1 Å². The zero-order valence-electron chi connectivity index (χ0n) is 16.3. The third-order valence-electron chi connectivity index (χ3n) is 4.03. The first kappa shape index (κ1) is 21.3. The van der Waals surface area contributed by atoms with Gasteiger partial charge in [-0.3, -0.25) is 0 Å². The van der Waals surface area contributed by atoms with E-state index in [9.17, 15) is 13.6 Å². The van der Waals surface area contributed by atoms with Gasteiger partial charge in [0.15, 0.2) is 5.69 Å². The Kier molecular flexibility index (Phi) is 6.62. The fourth-order valence-electron chi connectivity index (χ4n) is 2.54. The molecule has 2 heterocycles. The largest absolute Gasteiger partial charge is 0.658 e. The van der Waals surface area contributed by atoms with Crippen LogP contribution >= 0.6 is 0 Å². The van der Waals surface area contributed by atoms with E-state index in [1.807, 2.05) is 0 Å². The van der Waals surface area contributed by atoms with Gasteiger partial charge in [-0.1, -0.05) is 27.7 Å². The second-order valence-corrected chi connectivity index (χ2v) is 7.94. The van der Waals surface area contributed by atoms with Crippen LogP contribution in [0.4, 0.5) is 14.5 Å². The normalized spacial score (nSPS) is 18.2. The van der Waals surface area contributed by atoms with Crippen molar-refractivity contribution >= 4 is 11.7 Å². The van der Waals surface area contributed by atoms with Gasteiger partial charge in [0, 0.05) is 0 Å². The van der Waals surface area contributed by atoms with Gasteiger partial charge in [-0.05, 0) is 30.9 Å². The minimum absolute atomic E-state index is 0.132. The van der Waals surface area contributed by atoms with Gasteiger partial charge in [-0.15, -0.1) is 5.54 Å². The van der Waals surface area contributed by atoms with Crippen LogP contribution in [0, 0.1) is 5.92 Å². The average Bonchev–Trinajstić information content (AvgIpc) is 3.34. The second-order valence-electron chi connectivity index (χ2n) is 7.94. The van der Waals surface area contributed by atoms with Crippen LogP contribution in [0.1, 0.15) is 51.0 Å². The predicted octanol–water partition coefficient (Wildman–Crippen LogP) is 4.20. The first-order chi connectivity index (χ1) is 12.5. The molecule has 0 radical (unpaired) electrons. The summed E-state index contributed by atoms with van der Waals surface area (Å²) in [5.74, 6) is -3.26. The van der Waals surface area contributed by atoms with Crippen molar-refractivity contribution in [1.82, 2.24) is 4.98 Å².